The quantitative estimate of drug-likeness (QED) is 0.00755. The summed E-state index contributed by atoms with van der Waals surface area (Å²) in [4.78, 5) is 196. The fourth-order valence-electron chi connectivity index (χ4n) is 12.3. The second-order valence-corrected chi connectivity index (χ2v) is 27.0. The Hall–Kier alpha value is -10.4. The molecule has 2 aromatic carbocycles. The number of aliphatic hydroxyl groups is 1. The maximum absolute atomic E-state index is 15.3. The number of phenolic OH excluding ortho intramolecular Hbond substituents is 1. The van der Waals surface area contributed by atoms with Gasteiger partial charge in [-0.3, -0.25) is 67.3 Å². The smallest absolute Gasteiger partial charge is 0.303 e. The number of phenols is 1. The molecule has 36 heteroatoms. The summed E-state index contributed by atoms with van der Waals surface area (Å²) in [5.74, 6) is -11.9. The Morgan fingerprint density at radius 3 is 1.91 bits per heavy atom. The molecule has 10 amide bonds. The molecule has 17 N–H and O–H groups in total. The zero-order valence-electron chi connectivity index (χ0n) is 58.9. The number of likely N-dealkylation sites (tertiary alicyclic amines) is 1. The van der Waals surface area contributed by atoms with Crippen LogP contribution in [0.2, 0.25) is 0 Å². The normalized spacial score (nSPS) is 20.5. The Morgan fingerprint density at radius 1 is 0.712 bits per heavy atom. The summed E-state index contributed by atoms with van der Waals surface area (Å²) in [6.07, 6.45) is -0.740. The van der Waals surface area contributed by atoms with Crippen LogP contribution < -0.4 is 59.3 Å². The highest BCUT2D eigenvalue weighted by atomic mass is 32.2. The van der Waals surface area contributed by atoms with Gasteiger partial charge in [0.25, 0.3) is 0 Å². The Labute approximate surface area is 603 Å². The first-order valence-electron chi connectivity index (χ1n) is 34.3. The predicted molar refractivity (Wildman–Crippen MR) is 374 cm³/mol. The monoisotopic (exact) mass is 1470 g/mol. The fourth-order valence-corrected chi connectivity index (χ4v) is 13.6. The van der Waals surface area contributed by atoms with Crippen molar-refractivity contribution in [1.29, 1.82) is 0 Å². The number of hydrogen-bond acceptors (Lipinski definition) is 22. The van der Waals surface area contributed by atoms with Gasteiger partial charge >= 0.3 is 17.9 Å². The number of nitrogens with zero attached hydrogens (tertiary/aromatic N) is 3. The summed E-state index contributed by atoms with van der Waals surface area (Å²) in [5, 5.41) is 45.9. The molecule has 0 aliphatic carbocycles. The number of amides is 10. The number of fused-ring (bicyclic) bond motifs is 1. The van der Waals surface area contributed by atoms with E-state index in [4.69, 9.17) is 30.4 Å². The van der Waals surface area contributed by atoms with Gasteiger partial charge in [-0.05, 0) is 87.6 Å². The summed E-state index contributed by atoms with van der Waals surface area (Å²) < 4.78 is 23.1. The van der Waals surface area contributed by atoms with E-state index in [0.717, 1.165) is 32.5 Å². The van der Waals surface area contributed by atoms with Gasteiger partial charge < -0.3 is 103 Å². The minimum absolute atomic E-state index is 0.0244. The molecule has 3 aliphatic rings. The van der Waals surface area contributed by atoms with Crippen molar-refractivity contribution in [3.63, 3.8) is 0 Å². The maximum atomic E-state index is 15.3. The van der Waals surface area contributed by atoms with Crippen LogP contribution in [0.4, 0.5) is 0 Å². The number of hydrogen-bond donors (Lipinski definition) is 15. The number of aliphatic hydroxyl groups excluding tert-OH is 1. The second-order valence-electron chi connectivity index (χ2n) is 25.9. The fraction of sp³-hybridized carbons (Fsp3) is 0.544. The lowest BCUT2D eigenvalue weighted by atomic mass is 10.00. The number of nitrogens with two attached hydrogens (primary N) is 2. The molecule has 14 atom stereocenters. The number of carbonyl (C=O) groups is 13. The number of aromatic nitrogens is 3. The number of imidazole rings is 1. The van der Waals surface area contributed by atoms with E-state index in [1.807, 2.05) is 0 Å². The van der Waals surface area contributed by atoms with Crippen molar-refractivity contribution in [1.82, 2.24) is 67.7 Å². The third-order valence-electron chi connectivity index (χ3n) is 17.3. The van der Waals surface area contributed by atoms with Gasteiger partial charge in [-0.2, -0.15) is 0 Å². The van der Waals surface area contributed by atoms with Crippen molar-refractivity contribution >= 4 is 106 Å². The van der Waals surface area contributed by atoms with Crippen LogP contribution in [0.1, 0.15) is 110 Å². The number of aromatic amines is 2. The van der Waals surface area contributed by atoms with Gasteiger partial charge in [-0.1, -0.05) is 44.2 Å². The number of para-hydroxylation sites is 1. The number of ether oxygens (including phenoxy) is 4. The lowest BCUT2D eigenvalue weighted by Crippen LogP contribution is -2.62. The molecule has 0 radical (unpaired) electrons. The first-order chi connectivity index (χ1) is 49.5. The molecule has 2 aromatic heterocycles. The van der Waals surface area contributed by atoms with Crippen LogP contribution in [0.25, 0.3) is 10.9 Å². The van der Waals surface area contributed by atoms with Gasteiger partial charge in [-0.15, -0.1) is 11.8 Å². The van der Waals surface area contributed by atoms with Gasteiger partial charge in [-0.25, -0.2) is 4.98 Å². The van der Waals surface area contributed by atoms with Crippen LogP contribution in [0.3, 0.4) is 0 Å². The maximum Gasteiger partial charge on any atom is 0.303 e. The van der Waals surface area contributed by atoms with Gasteiger partial charge in [0, 0.05) is 101 Å². The van der Waals surface area contributed by atoms with Gasteiger partial charge in [0.15, 0.2) is 24.3 Å². The Morgan fingerprint density at radius 2 is 1.30 bits per heavy atom. The van der Waals surface area contributed by atoms with Crippen molar-refractivity contribution in [3.05, 3.63) is 84.1 Å². The first kappa shape index (κ1) is 80.9. The van der Waals surface area contributed by atoms with E-state index < -0.39 is 168 Å². The molecule has 3 aliphatic heterocycles. The van der Waals surface area contributed by atoms with Gasteiger partial charge in [0.1, 0.15) is 65.6 Å². The lowest BCUT2D eigenvalue weighted by molar-refractivity contribution is -0.229. The molecule has 5 heterocycles. The minimum atomic E-state index is -1.90. The van der Waals surface area contributed by atoms with E-state index >= 15 is 9.59 Å². The van der Waals surface area contributed by atoms with Crippen molar-refractivity contribution in [2.24, 2.45) is 22.4 Å². The lowest BCUT2D eigenvalue weighted by Gasteiger charge is -2.43. The highest BCUT2D eigenvalue weighted by molar-refractivity contribution is 7.99. The van der Waals surface area contributed by atoms with E-state index in [0.29, 0.717) is 47.1 Å². The van der Waals surface area contributed by atoms with Crippen LogP contribution in [0, 0.1) is 5.92 Å². The number of carbonyl (C=O) groups excluding carboxylic acids is 13. The average Bonchev–Trinajstić information content (AvgIpc) is 1.09. The molecule has 104 heavy (non-hydrogen) atoms. The molecule has 7 rings (SSSR count). The summed E-state index contributed by atoms with van der Waals surface area (Å²) in [6.45, 7) is 9.36. The molecule has 0 spiro atoms. The molecular weight excluding hydrogens is 1380 g/mol. The first-order valence-corrected chi connectivity index (χ1v) is 35.3. The van der Waals surface area contributed by atoms with Crippen LogP contribution >= 0.6 is 11.8 Å². The highest BCUT2D eigenvalue weighted by Crippen LogP contribution is 2.35. The zero-order chi connectivity index (χ0) is 75.9. The molecule has 3 saturated heterocycles. The Balaban J connectivity index is 1.22. The number of guanidine groups is 1. The van der Waals surface area contributed by atoms with E-state index in [9.17, 15) is 63.0 Å². The molecule has 4 aromatic rings. The van der Waals surface area contributed by atoms with Crippen molar-refractivity contribution in [2.45, 2.75) is 197 Å². The number of likely N-dealkylation sites (N-methyl/N-ethyl adjacent to an activating group) is 1. The van der Waals surface area contributed by atoms with E-state index in [1.54, 1.807) is 51.2 Å². The topological polar surface area (TPSA) is 520 Å². The molecule has 0 bridgehead atoms. The molecule has 0 unspecified atom stereocenters. The van der Waals surface area contributed by atoms with Crippen LogP contribution in [0.5, 0.6) is 5.75 Å². The van der Waals surface area contributed by atoms with Crippen LogP contribution in [-0.4, -0.2) is 229 Å². The largest absolute Gasteiger partial charge is 0.508 e. The Bertz CT molecular complexity index is 3720. The molecule has 566 valence electrons. The van der Waals surface area contributed by atoms with E-state index in [-0.39, 0.29) is 87.5 Å². The summed E-state index contributed by atoms with van der Waals surface area (Å²) in [6, 6.07) is -0.407. The van der Waals surface area contributed by atoms with Crippen LogP contribution in [0.15, 0.2) is 72.2 Å². The zero-order valence-corrected chi connectivity index (χ0v) is 59.7. The van der Waals surface area contributed by atoms with Crippen molar-refractivity contribution in [2.75, 3.05) is 32.0 Å². The average molecular weight is 1470 g/mol. The summed E-state index contributed by atoms with van der Waals surface area (Å²) in [5.41, 5.74) is 11.7. The highest BCUT2D eigenvalue weighted by Gasteiger charge is 2.51. The molecular formula is C68H94N16O19S. The third kappa shape index (κ3) is 23.6. The molecule has 35 nitrogen and oxygen atoms in total. The number of nitrogens with one attached hydrogen (secondary N) is 11. The number of H-pyrrole nitrogens is 2. The second kappa shape index (κ2) is 38.8. The van der Waals surface area contributed by atoms with Crippen LogP contribution in [-0.2, 0) is 101 Å². The third-order valence-corrected chi connectivity index (χ3v) is 18.5. The number of aromatic hydroxyl groups is 1. The number of thioether (sulfide) groups is 1. The number of benzene rings is 2. The number of rotatable bonds is 36. The van der Waals surface area contributed by atoms with E-state index in [1.165, 1.54) is 48.6 Å². The SMILES string of the molecule is CCNC(=O)[C@@H]1CCCN1C(=O)[C@H](CCCN=C(N)N)NC(=O)[C@H](CC(C)C)NC(=O)[C@@H](CS[C@@H]1O[C@@H](C)[C@H](OC(C)=O)[C@@H](OC(C)=O)[C@H]1OC(C)=O)NC(=O)[C@H](Cc1ccc(O)cc1)NC(=O)[C@H](CO)NC(=O)[C@H](Cc1c[nH]c2ccccc12)NC(=O)[C@H](Cc1cnc[nH]1)NC(=O)[C@@H]1CCC(=O)N1. The van der Waals surface area contributed by atoms with Crippen molar-refractivity contribution in [3.8, 4) is 5.75 Å². The summed E-state index contributed by atoms with van der Waals surface area (Å²) in [7, 11) is 0. The molecule has 0 saturated carbocycles. The summed E-state index contributed by atoms with van der Waals surface area (Å²) >= 11 is 0.758. The predicted octanol–water partition coefficient (Wildman–Crippen LogP) is -2.21. The van der Waals surface area contributed by atoms with Gasteiger partial charge in [0.05, 0.1) is 19.0 Å². The number of esters is 3. The van der Waals surface area contributed by atoms with Gasteiger partial charge in [0.2, 0.25) is 59.1 Å². The van der Waals surface area contributed by atoms with Crippen molar-refractivity contribution < 1.29 is 91.5 Å². The number of aliphatic imine (C=N–C) groups is 1. The Kier molecular flexibility index (Phi) is 30.2. The van der Waals surface area contributed by atoms with E-state index in [2.05, 4.69) is 67.8 Å². The minimum Gasteiger partial charge on any atom is -0.508 e. The molecule has 3 fully saturated rings. The standard InChI is InChI=1S/C68H94N16O19S/c1-8-72-65(98)53-16-12-24-84(53)66(99)46(15-11-23-73-68(69)70)77-59(92)47(25-34(2)3)78-64(97)52(32-104-67-57(103-38(7)88)56(102-37(6)87)55(35(4)100-67)101-36(5)86)83-60(93)48(26-39-17-19-42(89)20-18-39)79-63(96)51(31-85)82-61(94)49(27-40-29-74-44-14-10-9-13-43(40)44)80-62(95)50(28-41-30-71-33-75-41)81-58(91)45-21-22-54(90)76-45/h9-10,13-14,17-20,29-30,33-35,45-53,55-57,67,74,85,89H,8,11-12,15-16,21-28,31-32H2,1-7H3,(H,71,75)(H,72,98)(H,76,90)(H,77,92)(H,78,97)(H,79,96)(H,80,95)(H,81,91)(H,82,94)(H,83,93)(H4,69,70,73)/t35-,45-,46-,47-,48-,49-,50-,51-,52+,53-,55-,56+,57+,67-/m0/s1.